The van der Waals surface area contributed by atoms with Crippen LogP contribution in [0.2, 0.25) is 5.15 Å². The Bertz CT molecular complexity index is 814. The van der Waals surface area contributed by atoms with Crippen LogP contribution in [0.3, 0.4) is 0 Å². The predicted octanol–water partition coefficient (Wildman–Crippen LogP) is 5.34. The molecule has 144 valence electrons. The molecule has 0 aliphatic heterocycles. The highest BCUT2D eigenvalue weighted by Gasteiger charge is 2.52. The summed E-state index contributed by atoms with van der Waals surface area (Å²) < 4.78 is 5.97. The molecule has 5 nitrogen and oxygen atoms in total. The van der Waals surface area contributed by atoms with Gasteiger partial charge in [0.15, 0.2) is 0 Å². The van der Waals surface area contributed by atoms with Crippen LogP contribution in [0.1, 0.15) is 33.6 Å². The third kappa shape index (κ3) is 4.72. The van der Waals surface area contributed by atoms with Crippen LogP contribution < -0.4 is 4.74 Å². The number of benzene rings is 1. The summed E-state index contributed by atoms with van der Waals surface area (Å²) in [5.41, 5.74) is 1.19. The first-order valence-corrected chi connectivity index (χ1v) is 9.42. The molecule has 27 heavy (non-hydrogen) atoms. The second kappa shape index (κ2) is 7.39. The summed E-state index contributed by atoms with van der Waals surface area (Å²) in [5, 5.41) is 10.1. The summed E-state index contributed by atoms with van der Waals surface area (Å²) in [7, 11) is 0. The number of hydrogen-bond donors (Lipinski definition) is 1. The van der Waals surface area contributed by atoms with Gasteiger partial charge in [-0.25, -0.2) is 9.78 Å². The Morgan fingerprint density at radius 1 is 1.30 bits per heavy atom. The lowest BCUT2D eigenvalue weighted by Crippen LogP contribution is -2.48. The van der Waals surface area contributed by atoms with Crippen LogP contribution in [0, 0.1) is 5.41 Å². The number of carbonyl (C=O) groups is 1. The van der Waals surface area contributed by atoms with Gasteiger partial charge in [-0.2, -0.15) is 0 Å². The standard InChI is InChI=1S/C21H25ClN2O3/c1-20(2,3)13-24(19(25)26)21(9-10-21)14-27-16-11-17(18(22)23-12-16)15-7-5-4-6-8-15/h4-8,11-12H,9-10,13-14H2,1-3H3,(H,25,26). The van der Waals surface area contributed by atoms with Gasteiger partial charge in [-0.05, 0) is 29.9 Å². The fourth-order valence-corrected chi connectivity index (χ4v) is 3.31. The van der Waals surface area contributed by atoms with Crippen molar-refractivity contribution in [1.82, 2.24) is 9.88 Å². The third-order valence-corrected chi connectivity index (χ3v) is 4.97. The van der Waals surface area contributed by atoms with Crippen molar-refractivity contribution in [3.8, 4) is 16.9 Å². The molecule has 6 heteroatoms. The van der Waals surface area contributed by atoms with E-state index in [1.165, 1.54) is 4.90 Å². The number of rotatable bonds is 6. The Kier molecular flexibility index (Phi) is 5.33. The topological polar surface area (TPSA) is 62.7 Å². The van der Waals surface area contributed by atoms with Crippen molar-refractivity contribution in [1.29, 1.82) is 0 Å². The molecule has 3 rings (SSSR count). The van der Waals surface area contributed by atoms with E-state index in [1.807, 2.05) is 57.2 Å². The molecule has 1 saturated carbocycles. The normalized spacial score (nSPS) is 15.3. The Balaban J connectivity index is 1.76. The van der Waals surface area contributed by atoms with E-state index in [2.05, 4.69) is 4.98 Å². The highest BCUT2D eigenvalue weighted by atomic mass is 35.5. The van der Waals surface area contributed by atoms with Gasteiger partial charge in [0.2, 0.25) is 0 Å². The fraction of sp³-hybridized carbons (Fsp3) is 0.429. The summed E-state index contributed by atoms with van der Waals surface area (Å²) in [6.07, 6.45) is 2.30. The second-order valence-electron chi connectivity index (χ2n) is 8.32. The second-order valence-corrected chi connectivity index (χ2v) is 8.68. The van der Waals surface area contributed by atoms with Crippen molar-refractivity contribution < 1.29 is 14.6 Å². The molecule has 1 aliphatic rings. The van der Waals surface area contributed by atoms with E-state index >= 15 is 0 Å². The van der Waals surface area contributed by atoms with Crippen LogP contribution in [0.5, 0.6) is 5.75 Å². The van der Waals surface area contributed by atoms with Gasteiger partial charge in [-0.1, -0.05) is 62.7 Å². The van der Waals surface area contributed by atoms with Crippen LogP contribution >= 0.6 is 11.6 Å². The zero-order chi connectivity index (χ0) is 19.7. The average molecular weight is 389 g/mol. The molecule has 1 heterocycles. The highest BCUT2D eigenvalue weighted by Crippen LogP contribution is 2.43. The van der Waals surface area contributed by atoms with Crippen molar-refractivity contribution in [3.63, 3.8) is 0 Å². The summed E-state index contributed by atoms with van der Waals surface area (Å²) in [5.74, 6) is 0.589. The lowest BCUT2D eigenvalue weighted by Gasteiger charge is -2.34. The first kappa shape index (κ1) is 19.5. The van der Waals surface area contributed by atoms with Gasteiger partial charge in [0, 0.05) is 12.1 Å². The largest absolute Gasteiger partial charge is 0.489 e. The molecule has 1 fully saturated rings. The molecular formula is C21H25ClN2O3. The smallest absolute Gasteiger partial charge is 0.407 e. The highest BCUT2D eigenvalue weighted by molar-refractivity contribution is 6.32. The summed E-state index contributed by atoms with van der Waals surface area (Å²) in [4.78, 5) is 17.6. The lowest BCUT2D eigenvalue weighted by atomic mass is 9.95. The van der Waals surface area contributed by atoms with Gasteiger partial charge in [-0.3, -0.25) is 4.90 Å². The van der Waals surface area contributed by atoms with E-state index in [1.54, 1.807) is 6.20 Å². The molecule has 1 aromatic carbocycles. The number of pyridine rings is 1. The van der Waals surface area contributed by atoms with Crippen LogP contribution in [0.4, 0.5) is 4.79 Å². The molecule has 1 aromatic heterocycles. The molecule has 2 aromatic rings. The van der Waals surface area contributed by atoms with Crippen LogP contribution in [-0.2, 0) is 0 Å². The SMILES string of the molecule is CC(C)(C)CN(C(=O)O)C1(COc2cnc(Cl)c(-c3ccccc3)c2)CC1. The Labute approximate surface area is 164 Å². The van der Waals surface area contributed by atoms with Crippen molar-refractivity contribution in [3.05, 3.63) is 47.7 Å². The molecule has 0 saturated heterocycles. The molecule has 0 atom stereocenters. The predicted molar refractivity (Wildman–Crippen MR) is 106 cm³/mol. The third-order valence-electron chi connectivity index (χ3n) is 4.67. The Morgan fingerprint density at radius 2 is 1.96 bits per heavy atom. The number of hydrogen-bond acceptors (Lipinski definition) is 3. The maximum atomic E-state index is 11.8. The first-order chi connectivity index (χ1) is 12.7. The van der Waals surface area contributed by atoms with E-state index in [4.69, 9.17) is 16.3 Å². The number of carboxylic acid groups (broad SMARTS) is 1. The van der Waals surface area contributed by atoms with E-state index in [0.29, 0.717) is 24.1 Å². The number of nitrogens with zero attached hydrogens (tertiary/aromatic N) is 2. The molecule has 1 aliphatic carbocycles. The molecular weight excluding hydrogens is 364 g/mol. The van der Waals surface area contributed by atoms with Gasteiger partial charge in [0.25, 0.3) is 0 Å². The van der Waals surface area contributed by atoms with Crippen LogP contribution in [-0.4, -0.2) is 39.8 Å². The van der Waals surface area contributed by atoms with Gasteiger partial charge in [-0.15, -0.1) is 0 Å². The quantitative estimate of drug-likeness (QED) is 0.678. The van der Waals surface area contributed by atoms with Crippen molar-refractivity contribution in [2.75, 3.05) is 13.2 Å². The van der Waals surface area contributed by atoms with Crippen molar-refractivity contribution >= 4 is 17.7 Å². The first-order valence-electron chi connectivity index (χ1n) is 9.05. The van der Waals surface area contributed by atoms with Crippen molar-refractivity contribution in [2.45, 2.75) is 39.2 Å². The average Bonchev–Trinajstić information content (AvgIpc) is 3.40. The molecule has 1 N–H and O–H groups in total. The number of ether oxygens (including phenoxy) is 1. The molecule has 0 bridgehead atoms. The van der Waals surface area contributed by atoms with Crippen LogP contribution in [0.25, 0.3) is 11.1 Å². The van der Waals surface area contributed by atoms with E-state index in [9.17, 15) is 9.90 Å². The number of halogens is 1. The molecule has 0 spiro atoms. The fourth-order valence-electron chi connectivity index (χ4n) is 3.09. The Morgan fingerprint density at radius 3 is 2.52 bits per heavy atom. The van der Waals surface area contributed by atoms with Crippen molar-refractivity contribution in [2.24, 2.45) is 5.41 Å². The maximum absolute atomic E-state index is 11.8. The summed E-state index contributed by atoms with van der Waals surface area (Å²) in [6, 6.07) is 11.6. The monoisotopic (exact) mass is 388 g/mol. The maximum Gasteiger partial charge on any atom is 0.407 e. The molecule has 0 unspecified atom stereocenters. The lowest BCUT2D eigenvalue weighted by molar-refractivity contribution is 0.0719. The molecule has 0 radical (unpaired) electrons. The van der Waals surface area contributed by atoms with Gasteiger partial charge in [0.05, 0.1) is 11.7 Å². The minimum Gasteiger partial charge on any atom is -0.489 e. The van der Waals surface area contributed by atoms with E-state index in [0.717, 1.165) is 24.0 Å². The summed E-state index contributed by atoms with van der Waals surface area (Å²) in [6.45, 7) is 6.89. The van der Waals surface area contributed by atoms with Gasteiger partial charge < -0.3 is 9.84 Å². The zero-order valence-electron chi connectivity index (χ0n) is 15.9. The number of aromatic nitrogens is 1. The van der Waals surface area contributed by atoms with E-state index in [-0.39, 0.29) is 5.41 Å². The Hall–Kier alpha value is -2.27. The zero-order valence-corrected chi connectivity index (χ0v) is 16.7. The summed E-state index contributed by atoms with van der Waals surface area (Å²) >= 11 is 6.25. The van der Waals surface area contributed by atoms with Crippen LogP contribution in [0.15, 0.2) is 42.6 Å². The van der Waals surface area contributed by atoms with E-state index < -0.39 is 11.6 Å². The minimum absolute atomic E-state index is 0.115. The number of amides is 1. The van der Waals surface area contributed by atoms with Gasteiger partial charge in [0.1, 0.15) is 17.5 Å². The van der Waals surface area contributed by atoms with Gasteiger partial charge >= 0.3 is 6.09 Å². The molecule has 1 amide bonds. The minimum atomic E-state index is -0.898.